The molecule has 0 bridgehead atoms. The summed E-state index contributed by atoms with van der Waals surface area (Å²) >= 11 is 0. The number of benzene rings is 2. The van der Waals surface area contributed by atoms with Gasteiger partial charge in [0, 0.05) is 11.1 Å². The van der Waals surface area contributed by atoms with Crippen LogP contribution in [0.4, 0.5) is 0 Å². The van der Waals surface area contributed by atoms with Crippen LogP contribution in [0.5, 0.6) is 0 Å². The van der Waals surface area contributed by atoms with Gasteiger partial charge in [-0.05, 0) is 6.92 Å². The lowest BCUT2D eigenvalue weighted by atomic mass is 10.1. The van der Waals surface area contributed by atoms with E-state index >= 15 is 0 Å². The smallest absolute Gasteiger partial charge is 0.234 e. The number of guanidine groups is 1. The summed E-state index contributed by atoms with van der Waals surface area (Å²) in [6.07, 6.45) is 0. The highest BCUT2D eigenvalue weighted by Gasteiger charge is 2.30. The topological polar surface area (TPSA) is 88.8 Å². The minimum absolute atomic E-state index is 0.256. The number of amidine groups is 1. The maximum atomic E-state index is 6.35. The Kier molecular flexibility index (Phi) is 3.19. The predicted molar refractivity (Wildman–Crippen MR) is 84.8 cm³/mol. The number of rotatable bonds is 2. The summed E-state index contributed by atoms with van der Waals surface area (Å²) in [4.78, 5) is 8.81. The largest absolute Gasteiger partial charge is 0.370 e. The van der Waals surface area contributed by atoms with Gasteiger partial charge in [0.25, 0.3) is 0 Å². The van der Waals surface area contributed by atoms with Gasteiger partial charge in [0.2, 0.25) is 5.79 Å². The molecule has 0 aromatic heterocycles. The fourth-order valence-electron chi connectivity index (χ4n) is 2.22. The van der Waals surface area contributed by atoms with Crippen molar-refractivity contribution in [1.29, 1.82) is 0 Å². The molecule has 1 unspecified atom stereocenters. The van der Waals surface area contributed by atoms with Crippen LogP contribution in [0.25, 0.3) is 0 Å². The first-order valence-electron chi connectivity index (χ1n) is 6.70. The van der Waals surface area contributed by atoms with Gasteiger partial charge in [0.1, 0.15) is 5.84 Å². The maximum absolute atomic E-state index is 6.35. The van der Waals surface area contributed by atoms with E-state index in [9.17, 15) is 0 Å². The number of nitrogens with two attached hydrogens (primary N) is 2. The second-order valence-corrected chi connectivity index (χ2v) is 5.04. The summed E-state index contributed by atoms with van der Waals surface area (Å²) in [5, 5.41) is 2.97. The van der Waals surface area contributed by atoms with Crippen molar-refractivity contribution in [3.05, 3.63) is 71.3 Å². The van der Waals surface area contributed by atoms with E-state index in [1.807, 2.05) is 61.5 Å². The monoisotopic (exact) mass is 279 g/mol. The van der Waals surface area contributed by atoms with Crippen LogP contribution < -0.4 is 16.8 Å². The molecular formula is C16H17N5. The van der Waals surface area contributed by atoms with Crippen LogP contribution in [0, 0.1) is 6.92 Å². The molecule has 0 amide bonds. The first-order chi connectivity index (χ1) is 10.1. The Morgan fingerprint density at radius 3 is 2.29 bits per heavy atom. The molecule has 1 heterocycles. The zero-order chi connectivity index (χ0) is 14.9. The van der Waals surface area contributed by atoms with Gasteiger partial charge in [-0.15, -0.1) is 0 Å². The van der Waals surface area contributed by atoms with E-state index in [4.69, 9.17) is 11.5 Å². The highest BCUT2D eigenvalue weighted by Crippen LogP contribution is 2.24. The van der Waals surface area contributed by atoms with Crippen molar-refractivity contribution in [2.24, 2.45) is 21.5 Å². The third-order valence-electron chi connectivity index (χ3n) is 3.34. The van der Waals surface area contributed by atoms with Crippen LogP contribution in [-0.4, -0.2) is 11.8 Å². The molecule has 106 valence electrons. The third kappa shape index (κ3) is 2.64. The van der Waals surface area contributed by atoms with Crippen molar-refractivity contribution < 1.29 is 0 Å². The molecule has 1 atom stereocenters. The third-order valence-corrected chi connectivity index (χ3v) is 3.34. The van der Waals surface area contributed by atoms with Gasteiger partial charge in [-0.3, -0.25) is 5.73 Å². The zero-order valence-corrected chi connectivity index (χ0v) is 11.7. The van der Waals surface area contributed by atoms with Crippen molar-refractivity contribution in [2.45, 2.75) is 12.7 Å². The molecule has 5 heteroatoms. The molecule has 2 aromatic carbocycles. The lowest BCUT2D eigenvalue weighted by Crippen LogP contribution is -2.48. The first kappa shape index (κ1) is 13.3. The summed E-state index contributed by atoms with van der Waals surface area (Å²) in [5.41, 5.74) is 15.1. The molecule has 1 aliphatic heterocycles. The van der Waals surface area contributed by atoms with Gasteiger partial charge in [-0.25, -0.2) is 9.98 Å². The molecule has 21 heavy (non-hydrogen) atoms. The molecule has 5 N–H and O–H groups in total. The van der Waals surface area contributed by atoms with E-state index in [-0.39, 0.29) is 5.96 Å². The Labute approximate surface area is 123 Å². The fourth-order valence-corrected chi connectivity index (χ4v) is 2.22. The lowest BCUT2D eigenvalue weighted by molar-refractivity contribution is 0.486. The van der Waals surface area contributed by atoms with E-state index in [1.54, 1.807) is 0 Å². The molecule has 0 saturated carbocycles. The molecule has 0 spiro atoms. The summed E-state index contributed by atoms with van der Waals surface area (Å²) in [5.74, 6) is -0.327. The number of hydrogen-bond donors (Lipinski definition) is 3. The molecule has 0 radical (unpaired) electrons. The van der Waals surface area contributed by atoms with Crippen LogP contribution in [0.3, 0.4) is 0 Å². The molecule has 2 aromatic rings. The van der Waals surface area contributed by atoms with Gasteiger partial charge in [-0.1, -0.05) is 60.2 Å². The normalized spacial score (nSPS) is 21.2. The van der Waals surface area contributed by atoms with Crippen LogP contribution in [0.15, 0.2) is 64.6 Å². The van der Waals surface area contributed by atoms with Crippen LogP contribution in [0.2, 0.25) is 0 Å². The molecule has 3 rings (SSSR count). The van der Waals surface area contributed by atoms with Gasteiger partial charge in [0.15, 0.2) is 5.96 Å². The van der Waals surface area contributed by atoms with E-state index in [2.05, 4.69) is 15.3 Å². The predicted octanol–water partition coefficient (Wildman–Crippen LogP) is 1.43. The second-order valence-electron chi connectivity index (χ2n) is 5.04. The van der Waals surface area contributed by atoms with E-state index < -0.39 is 5.79 Å². The Bertz CT molecular complexity index is 703. The van der Waals surface area contributed by atoms with Crippen molar-refractivity contribution >= 4 is 11.8 Å². The quantitative estimate of drug-likeness (QED) is 0.777. The zero-order valence-electron chi connectivity index (χ0n) is 11.7. The van der Waals surface area contributed by atoms with Crippen molar-refractivity contribution in [2.75, 3.05) is 0 Å². The standard InChI is InChI=1S/C16H17N5/c1-11-7-9-13(10-8-11)16(18)20-14(19-15(17)21-16)12-5-3-2-4-6-12/h2-10H,18H2,1H3,(H3,17,19,20,21). The van der Waals surface area contributed by atoms with E-state index in [1.165, 1.54) is 0 Å². The lowest BCUT2D eigenvalue weighted by Gasteiger charge is -2.28. The summed E-state index contributed by atoms with van der Waals surface area (Å²) in [6, 6.07) is 17.5. The van der Waals surface area contributed by atoms with Crippen molar-refractivity contribution in [3.8, 4) is 0 Å². The van der Waals surface area contributed by atoms with Crippen LogP contribution >= 0.6 is 0 Å². The number of hydrogen-bond acceptors (Lipinski definition) is 5. The maximum Gasteiger partial charge on any atom is 0.234 e. The minimum atomic E-state index is -1.20. The summed E-state index contributed by atoms with van der Waals surface area (Å²) < 4.78 is 0. The Balaban J connectivity index is 2.06. The molecule has 0 aliphatic carbocycles. The van der Waals surface area contributed by atoms with E-state index in [0.29, 0.717) is 5.84 Å². The molecule has 1 aliphatic rings. The Morgan fingerprint density at radius 1 is 0.952 bits per heavy atom. The molecule has 0 saturated heterocycles. The average molecular weight is 279 g/mol. The minimum Gasteiger partial charge on any atom is -0.370 e. The highest BCUT2D eigenvalue weighted by molar-refractivity contribution is 6.09. The van der Waals surface area contributed by atoms with Crippen LogP contribution in [0.1, 0.15) is 16.7 Å². The fraction of sp³-hybridized carbons (Fsp3) is 0.125. The number of aryl methyl sites for hydroxylation is 1. The summed E-state index contributed by atoms with van der Waals surface area (Å²) in [7, 11) is 0. The number of nitrogens with one attached hydrogen (secondary N) is 1. The highest BCUT2D eigenvalue weighted by atomic mass is 15.3. The van der Waals surface area contributed by atoms with Crippen molar-refractivity contribution in [1.82, 2.24) is 5.32 Å². The van der Waals surface area contributed by atoms with Gasteiger partial charge in [-0.2, -0.15) is 0 Å². The average Bonchev–Trinajstić information content (AvgIpc) is 2.48. The Hall–Kier alpha value is -2.66. The van der Waals surface area contributed by atoms with Crippen molar-refractivity contribution in [3.63, 3.8) is 0 Å². The number of nitrogens with zero attached hydrogens (tertiary/aromatic N) is 2. The molecule has 0 fully saturated rings. The SMILES string of the molecule is Cc1ccc(C2(N)N=C(N)NC(c3ccccc3)=N2)cc1. The van der Waals surface area contributed by atoms with Gasteiger partial charge < -0.3 is 11.1 Å². The van der Waals surface area contributed by atoms with Gasteiger partial charge >= 0.3 is 0 Å². The van der Waals surface area contributed by atoms with Crippen LogP contribution in [-0.2, 0) is 5.79 Å². The molecular weight excluding hydrogens is 262 g/mol. The Morgan fingerprint density at radius 2 is 1.62 bits per heavy atom. The number of aliphatic imine (C=N–C) groups is 2. The first-order valence-corrected chi connectivity index (χ1v) is 6.70. The van der Waals surface area contributed by atoms with Gasteiger partial charge in [0.05, 0.1) is 0 Å². The van der Waals surface area contributed by atoms with E-state index in [0.717, 1.165) is 16.7 Å². The summed E-state index contributed by atoms with van der Waals surface area (Å²) in [6.45, 7) is 2.02. The molecule has 5 nitrogen and oxygen atoms in total. The second kappa shape index (κ2) is 5.03.